The highest BCUT2D eigenvalue weighted by Crippen LogP contribution is 2.54. The van der Waals surface area contributed by atoms with Crippen molar-refractivity contribution in [3.05, 3.63) is 54.4 Å². The molecule has 0 unspecified atom stereocenters. The molecule has 0 saturated carbocycles. The quantitative estimate of drug-likeness (QED) is 0.697. The maximum Gasteiger partial charge on any atom is 0.123 e. The van der Waals surface area contributed by atoms with E-state index in [1.165, 1.54) is 0 Å². The number of hydrogen-bond acceptors (Lipinski definition) is 4. The summed E-state index contributed by atoms with van der Waals surface area (Å²) in [7, 11) is 0. The molecule has 2 atom stereocenters. The summed E-state index contributed by atoms with van der Waals surface area (Å²) in [6.07, 6.45) is 3.69. The average molecular weight is 308 g/mol. The van der Waals surface area contributed by atoms with Crippen molar-refractivity contribution in [1.29, 1.82) is 0 Å². The minimum atomic E-state index is -0.299. The summed E-state index contributed by atoms with van der Waals surface area (Å²) in [6, 6.07) is 12.0. The van der Waals surface area contributed by atoms with Gasteiger partial charge in [-0.2, -0.15) is 0 Å². The van der Waals surface area contributed by atoms with E-state index in [0.29, 0.717) is 6.61 Å². The van der Waals surface area contributed by atoms with Crippen LogP contribution in [0.15, 0.2) is 48.8 Å². The number of para-hydroxylation sites is 1. The molecule has 5 nitrogen and oxygen atoms in total. The van der Waals surface area contributed by atoms with Crippen LogP contribution in [0.1, 0.15) is 32.4 Å². The van der Waals surface area contributed by atoms with Gasteiger partial charge in [0.05, 0.1) is 12.1 Å². The minimum absolute atomic E-state index is 0.0272. The van der Waals surface area contributed by atoms with Crippen LogP contribution >= 0.6 is 0 Å². The van der Waals surface area contributed by atoms with Crippen LogP contribution in [0.2, 0.25) is 0 Å². The molecule has 3 heterocycles. The maximum atomic E-state index is 6.03. The van der Waals surface area contributed by atoms with Gasteiger partial charge in [-0.25, -0.2) is 4.68 Å². The lowest BCUT2D eigenvalue weighted by Gasteiger charge is -2.34. The number of nitrogens with zero attached hydrogens (tertiary/aromatic N) is 4. The number of pyridine rings is 1. The third-order valence-electron chi connectivity index (χ3n) is 4.79. The first-order valence-corrected chi connectivity index (χ1v) is 7.87. The molecule has 0 amide bonds. The molecule has 5 heteroatoms. The minimum Gasteiger partial charge on any atom is -0.366 e. The van der Waals surface area contributed by atoms with Crippen molar-refractivity contribution >= 4 is 11.0 Å². The van der Waals surface area contributed by atoms with Crippen LogP contribution < -0.4 is 0 Å². The van der Waals surface area contributed by atoms with E-state index in [4.69, 9.17) is 4.74 Å². The Morgan fingerprint density at radius 1 is 1.17 bits per heavy atom. The summed E-state index contributed by atoms with van der Waals surface area (Å²) in [4.78, 5) is 4.30. The summed E-state index contributed by atoms with van der Waals surface area (Å²) in [6.45, 7) is 7.34. The van der Waals surface area contributed by atoms with Gasteiger partial charge in [0.2, 0.25) is 0 Å². The third kappa shape index (κ3) is 2.15. The highest BCUT2D eigenvalue weighted by atomic mass is 16.6. The van der Waals surface area contributed by atoms with Crippen molar-refractivity contribution < 1.29 is 4.74 Å². The Hall–Kier alpha value is -2.27. The van der Waals surface area contributed by atoms with E-state index in [1.807, 2.05) is 35.1 Å². The van der Waals surface area contributed by atoms with E-state index in [1.54, 1.807) is 6.20 Å². The number of benzene rings is 1. The van der Waals surface area contributed by atoms with E-state index in [0.717, 1.165) is 16.6 Å². The molecule has 3 aromatic rings. The number of epoxide rings is 1. The highest BCUT2D eigenvalue weighted by molar-refractivity contribution is 5.74. The molecule has 1 aliphatic rings. The van der Waals surface area contributed by atoms with E-state index in [9.17, 15) is 0 Å². The predicted octanol–water partition coefficient (Wildman–Crippen LogP) is 3.23. The van der Waals surface area contributed by atoms with Crippen LogP contribution in [0.25, 0.3) is 11.0 Å². The van der Waals surface area contributed by atoms with Crippen molar-refractivity contribution in [3.8, 4) is 0 Å². The second-order valence-corrected chi connectivity index (χ2v) is 7.14. The van der Waals surface area contributed by atoms with Gasteiger partial charge < -0.3 is 4.74 Å². The Morgan fingerprint density at radius 3 is 2.61 bits per heavy atom. The van der Waals surface area contributed by atoms with E-state index in [-0.39, 0.29) is 17.1 Å². The van der Waals surface area contributed by atoms with Crippen molar-refractivity contribution in [2.24, 2.45) is 5.41 Å². The first-order chi connectivity index (χ1) is 11.0. The Kier molecular flexibility index (Phi) is 3.03. The monoisotopic (exact) mass is 308 g/mol. The SMILES string of the molecule is CC(C)(C)[C@@]1([C@H](c2cccnc2)n2nnc3ccccc32)CO1. The van der Waals surface area contributed by atoms with Gasteiger partial charge >= 0.3 is 0 Å². The summed E-state index contributed by atoms with van der Waals surface area (Å²) >= 11 is 0. The number of hydrogen-bond donors (Lipinski definition) is 0. The van der Waals surface area contributed by atoms with Crippen molar-refractivity contribution in [2.75, 3.05) is 6.61 Å². The Balaban J connectivity index is 1.94. The van der Waals surface area contributed by atoms with Gasteiger partial charge in [-0.3, -0.25) is 4.98 Å². The zero-order valence-corrected chi connectivity index (χ0v) is 13.6. The number of aromatic nitrogens is 4. The van der Waals surface area contributed by atoms with Crippen LogP contribution in [0, 0.1) is 5.41 Å². The fraction of sp³-hybridized carbons (Fsp3) is 0.389. The summed E-state index contributed by atoms with van der Waals surface area (Å²) in [5.74, 6) is 0. The van der Waals surface area contributed by atoms with E-state index >= 15 is 0 Å². The summed E-state index contributed by atoms with van der Waals surface area (Å²) in [5, 5.41) is 8.78. The first-order valence-electron chi connectivity index (χ1n) is 7.87. The van der Waals surface area contributed by atoms with Gasteiger partial charge in [-0.05, 0) is 29.2 Å². The molecular formula is C18H20N4O. The zero-order valence-electron chi connectivity index (χ0n) is 13.6. The largest absolute Gasteiger partial charge is 0.366 e. The van der Waals surface area contributed by atoms with Crippen molar-refractivity contribution in [1.82, 2.24) is 20.0 Å². The predicted molar refractivity (Wildman–Crippen MR) is 88.0 cm³/mol. The lowest BCUT2D eigenvalue weighted by molar-refractivity contribution is 0.108. The maximum absolute atomic E-state index is 6.03. The third-order valence-corrected chi connectivity index (χ3v) is 4.79. The lowest BCUT2D eigenvalue weighted by Crippen LogP contribution is -2.40. The highest BCUT2D eigenvalue weighted by Gasteiger charge is 2.61. The van der Waals surface area contributed by atoms with Crippen molar-refractivity contribution in [3.63, 3.8) is 0 Å². The molecule has 1 saturated heterocycles. The number of rotatable bonds is 3. The molecule has 1 fully saturated rings. The van der Waals surface area contributed by atoms with Gasteiger partial charge in [0.25, 0.3) is 0 Å². The number of ether oxygens (including phenoxy) is 1. The second kappa shape index (κ2) is 4.86. The normalized spacial score (nSPS) is 22.2. The Labute approximate surface area is 135 Å². The van der Waals surface area contributed by atoms with Crippen LogP contribution in [0.5, 0.6) is 0 Å². The summed E-state index contributed by atoms with van der Waals surface area (Å²) in [5.41, 5.74) is 2.68. The summed E-state index contributed by atoms with van der Waals surface area (Å²) < 4.78 is 8.02. The van der Waals surface area contributed by atoms with Gasteiger partial charge in [0.1, 0.15) is 17.2 Å². The second-order valence-electron chi connectivity index (χ2n) is 7.14. The molecular weight excluding hydrogens is 288 g/mol. The lowest BCUT2D eigenvalue weighted by atomic mass is 9.74. The fourth-order valence-electron chi connectivity index (χ4n) is 3.30. The van der Waals surface area contributed by atoms with Crippen LogP contribution in [0.4, 0.5) is 0 Å². The van der Waals surface area contributed by atoms with E-state index < -0.39 is 0 Å². The van der Waals surface area contributed by atoms with Gasteiger partial charge in [-0.1, -0.05) is 44.2 Å². The topological polar surface area (TPSA) is 56.1 Å². The standard InChI is InChI=1S/C18H20N4O/c1-17(2,3)18(12-23-18)16(13-7-6-10-19-11-13)22-15-9-5-4-8-14(15)20-21-22/h4-11,16H,12H2,1-3H3/t16-,18-/m0/s1. The molecule has 1 aliphatic heterocycles. The van der Waals surface area contributed by atoms with Crippen LogP contribution in [0.3, 0.4) is 0 Å². The molecule has 1 aromatic carbocycles. The molecule has 23 heavy (non-hydrogen) atoms. The zero-order chi connectivity index (χ0) is 16.1. The van der Waals surface area contributed by atoms with Gasteiger partial charge in [0.15, 0.2) is 0 Å². The van der Waals surface area contributed by atoms with E-state index in [2.05, 4.69) is 48.2 Å². The molecule has 0 aliphatic carbocycles. The first kappa shape index (κ1) is 14.3. The average Bonchev–Trinajstić information content (AvgIpc) is 3.24. The Bertz CT molecular complexity index is 831. The smallest absolute Gasteiger partial charge is 0.123 e. The van der Waals surface area contributed by atoms with Crippen LogP contribution in [-0.2, 0) is 4.74 Å². The molecule has 0 radical (unpaired) electrons. The molecule has 2 aromatic heterocycles. The van der Waals surface area contributed by atoms with Crippen molar-refractivity contribution in [2.45, 2.75) is 32.4 Å². The fourth-order valence-corrected chi connectivity index (χ4v) is 3.30. The molecule has 4 rings (SSSR count). The van der Waals surface area contributed by atoms with Gasteiger partial charge in [0, 0.05) is 12.4 Å². The molecule has 118 valence electrons. The van der Waals surface area contributed by atoms with Gasteiger partial charge in [-0.15, -0.1) is 5.10 Å². The molecule has 0 N–H and O–H groups in total. The Morgan fingerprint density at radius 2 is 1.96 bits per heavy atom. The molecule has 0 spiro atoms. The number of fused-ring (bicyclic) bond motifs is 1. The molecule has 0 bridgehead atoms. The van der Waals surface area contributed by atoms with Crippen LogP contribution in [-0.4, -0.2) is 32.2 Å².